The molecule has 1 amide bonds. The van der Waals surface area contributed by atoms with Gasteiger partial charge in [0.25, 0.3) is 0 Å². The maximum Gasteiger partial charge on any atom is 0.236 e. The van der Waals surface area contributed by atoms with Crippen LogP contribution in [0, 0.1) is 6.92 Å². The summed E-state index contributed by atoms with van der Waals surface area (Å²) < 4.78 is 0. The number of nitrogens with zero attached hydrogens (tertiary/aromatic N) is 2. The van der Waals surface area contributed by atoms with Crippen molar-refractivity contribution in [3.05, 3.63) is 35.4 Å². The normalized spacial score (nSPS) is 16.9. The summed E-state index contributed by atoms with van der Waals surface area (Å²) in [6, 6.07) is 8.59. The number of carbonyl (C=O) groups excluding carboxylic acids is 1. The third kappa shape index (κ3) is 3.31. The first-order valence-corrected chi connectivity index (χ1v) is 6.45. The van der Waals surface area contributed by atoms with Gasteiger partial charge in [0.2, 0.25) is 5.91 Å². The molecule has 0 spiro atoms. The van der Waals surface area contributed by atoms with Crippen LogP contribution in [-0.2, 0) is 11.3 Å². The van der Waals surface area contributed by atoms with Crippen LogP contribution in [0.25, 0.3) is 0 Å². The van der Waals surface area contributed by atoms with Gasteiger partial charge in [-0.05, 0) is 12.5 Å². The Kier molecular flexibility index (Phi) is 4.33. The number of benzene rings is 1. The minimum absolute atomic E-state index is 0.0604. The van der Waals surface area contributed by atoms with E-state index in [2.05, 4.69) is 36.1 Å². The molecule has 0 radical (unpaired) electrons. The molecular formula is C14H21N3O. The maximum atomic E-state index is 11.5. The number of nitrogens with two attached hydrogens (primary N) is 1. The Morgan fingerprint density at radius 3 is 2.61 bits per heavy atom. The molecule has 2 N–H and O–H groups in total. The summed E-state index contributed by atoms with van der Waals surface area (Å²) in [6.07, 6.45) is 0. The summed E-state index contributed by atoms with van der Waals surface area (Å²) in [5.74, 6) is 0.0604. The van der Waals surface area contributed by atoms with Crippen molar-refractivity contribution in [1.82, 2.24) is 9.80 Å². The van der Waals surface area contributed by atoms with Gasteiger partial charge in [-0.25, -0.2) is 0 Å². The number of rotatable bonds is 3. The van der Waals surface area contributed by atoms with Crippen LogP contribution in [0.2, 0.25) is 0 Å². The molecule has 0 unspecified atom stereocenters. The molecule has 0 aromatic heterocycles. The van der Waals surface area contributed by atoms with Crippen LogP contribution in [0.15, 0.2) is 24.3 Å². The van der Waals surface area contributed by atoms with Crippen molar-refractivity contribution in [2.24, 2.45) is 5.73 Å². The van der Waals surface area contributed by atoms with Gasteiger partial charge >= 0.3 is 0 Å². The second-order valence-corrected chi connectivity index (χ2v) is 4.85. The van der Waals surface area contributed by atoms with Crippen LogP contribution in [0.4, 0.5) is 0 Å². The number of piperazine rings is 1. The monoisotopic (exact) mass is 247 g/mol. The van der Waals surface area contributed by atoms with Gasteiger partial charge in [-0.1, -0.05) is 29.8 Å². The van der Waals surface area contributed by atoms with Crippen LogP contribution in [0.1, 0.15) is 11.1 Å². The Bertz CT molecular complexity index is 411. The summed E-state index contributed by atoms with van der Waals surface area (Å²) in [5.41, 5.74) is 8.01. The van der Waals surface area contributed by atoms with Gasteiger partial charge in [-0.15, -0.1) is 0 Å². The molecule has 98 valence electrons. The molecule has 1 fully saturated rings. The lowest BCUT2D eigenvalue weighted by molar-refractivity contribution is -0.131. The van der Waals surface area contributed by atoms with Gasteiger partial charge in [0.05, 0.1) is 6.54 Å². The van der Waals surface area contributed by atoms with Crippen molar-refractivity contribution in [3.8, 4) is 0 Å². The molecular weight excluding hydrogens is 226 g/mol. The third-order valence-electron chi connectivity index (χ3n) is 3.39. The van der Waals surface area contributed by atoms with Crippen LogP contribution < -0.4 is 5.73 Å². The molecule has 4 heteroatoms. The number of amides is 1. The first-order valence-electron chi connectivity index (χ1n) is 6.45. The second kappa shape index (κ2) is 5.98. The average Bonchev–Trinajstić information content (AvgIpc) is 2.39. The molecule has 0 bridgehead atoms. The van der Waals surface area contributed by atoms with E-state index < -0.39 is 0 Å². The van der Waals surface area contributed by atoms with Gasteiger partial charge in [0.15, 0.2) is 0 Å². The molecule has 4 nitrogen and oxygen atoms in total. The Hall–Kier alpha value is -1.39. The van der Waals surface area contributed by atoms with E-state index in [4.69, 9.17) is 5.73 Å². The van der Waals surface area contributed by atoms with Gasteiger partial charge in [-0.2, -0.15) is 0 Å². The van der Waals surface area contributed by atoms with E-state index in [9.17, 15) is 4.79 Å². The average molecular weight is 247 g/mol. The third-order valence-corrected chi connectivity index (χ3v) is 3.39. The van der Waals surface area contributed by atoms with Crippen LogP contribution >= 0.6 is 0 Å². The lowest BCUT2D eigenvalue weighted by Gasteiger charge is -2.34. The molecule has 1 heterocycles. The van der Waals surface area contributed by atoms with Crippen molar-refractivity contribution >= 4 is 5.91 Å². The van der Waals surface area contributed by atoms with Gasteiger partial charge in [0, 0.05) is 32.7 Å². The first kappa shape index (κ1) is 13.1. The number of carbonyl (C=O) groups is 1. The number of hydrogen-bond acceptors (Lipinski definition) is 3. The molecule has 2 rings (SSSR count). The first-order chi connectivity index (χ1) is 8.69. The van der Waals surface area contributed by atoms with E-state index in [0.29, 0.717) is 0 Å². The van der Waals surface area contributed by atoms with Crippen molar-refractivity contribution < 1.29 is 4.79 Å². The van der Waals surface area contributed by atoms with Crippen molar-refractivity contribution in [1.29, 1.82) is 0 Å². The minimum atomic E-state index is 0.0604. The Balaban J connectivity index is 1.85. The predicted octanol–water partition coefficient (Wildman–Crippen LogP) is 0.598. The molecule has 0 atom stereocenters. The molecule has 1 aliphatic heterocycles. The fraction of sp³-hybridized carbons (Fsp3) is 0.500. The zero-order valence-electron chi connectivity index (χ0n) is 10.9. The van der Waals surface area contributed by atoms with E-state index in [1.54, 1.807) is 0 Å². The van der Waals surface area contributed by atoms with Crippen molar-refractivity contribution in [3.63, 3.8) is 0 Å². The number of aryl methyl sites for hydroxylation is 1. The molecule has 0 aliphatic carbocycles. The largest absolute Gasteiger partial charge is 0.339 e. The highest BCUT2D eigenvalue weighted by Crippen LogP contribution is 2.10. The van der Waals surface area contributed by atoms with Crippen LogP contribution in [0.5, 0.6) is 0 Å². The zero-order valence-corrected chi connectivity index (χ0v) is 10.9. The highest BCUT2D eigenvalue weighted by atomic mass is 16.2. The molecule has 1 aliphatic rings. The SMILES string of the molecule is Cc1cccc(CN2CCN(C(=O)CN)CC2)c1. The van der Waals surface area contributed by atoms with Crippen LogP contribution in [0.3, 0.4) is 0 Å². The number of hydrogen-bond donors (Lipinski definition) is 1. The predicted molar refractivity (Wildman–Crippen MR) is 72.1 cm³/mol. The zero-order chi connectivity index (χ0) is 13.0. The topological polar surface area (TPSA) is 49.6 Å². The fourth-order valence-corrected chi connectivity index (χ4v) is 2.35. The van der Waals surface area contributed by atoms with E-state index in [1.165, 1.54) is 11.1 Å². The van der Waals surface area contributed by atoms with Crippen molar-refractivity contribution in [2.75, 3.05) is 32.7 Å². The summed E-state index contributed by atoms with van der Waals surface area (Å²) in [7, 11) is 0. The smallest absolute Gasteiger partial charge is 0.236 e. The standard InChI is InChI=1S/C14H21N3O/c1-12-3-2-4-13(9-12)11-16-5-7-17(8-6-16)14(18)10-15/h2-4,9H,5-8,10-11,15H2,1H3. The lowest BCUT2D eigenvalue weighted by Crippen LogP contribution is -2.49. The Labute approximate surface area is 108 Å². The van der Waals surface area contributed by atoms with Crippen molar-refractivity contribution in [2.45, 2.75) is 13.5 Å². The van der Waals surface area contributed by atoms with E-state index >= 15 is 0 Å². The highest BCUT2D eigenvalue weighted by molar-refractivity contribution is 5.78. The Morgan fingerprint density at radius 1 is 1.28 bits per heavy atom. The fourth-order valence-electron chi connectivity index (χ4n) is 2.35. The summed E-state index contributed by atoms with van der Waals surface area (Å²) in [6.45, 7) is 6.65. The lowest BCUT2D eigenvalue weighted by atomic mass is 10.1. The van der Waals surface area contributed by atoms with Gasteiger partial charge in [-0.3, -0.25) is 9.69 Å². The summed E-state index contributed by atoms with van der Waals surface area (Å²) in [4.78, 5) is 15.7. The highest BCUT2D eigenvalue weighted by Gasteiger charge is 2.19. The molecule has 1 aromatic rings. The second-order valence-electron chi connectivity index (χ2n) is 4.85. The molecule has 0 saturated carbocycles. The quantitative estimate of drug-likeness (QED) is 0.851. The van der Waals surface area contributed by atoms with E-state index in [0.717, 1.165) is 32.7 Å². The van der Waals surface area contributed by atoms with E-state index in [-0.39, 0.29) is 12.5 Å². The summed E-state index contributed by atoms with van der Waals surface area (Å²) in [5, 5.41) is 0. The molecule has 18 heavy (non-hydrogen) atoms. The van der Waals surface area contributed by atoms with Crippen LogP contribution in [-0.4, -0.2) is 48.4 Å². The summed E-state index contributed by atoms with van der Waals surface area (Å²) >= 11 is 0. The van der Waals surface area contributed by atoms with E-state index in [1.807, 2.05) is 4.90 Å². The molecule has 1 aromatic carbocycles. The maximum absolute atomic E-state index is 11.5. The molecule has 1 saturated heterocycles. The van der Waals surface area contributed by atoms with Gasteiger partial charge in [0.1, 0.15) is 0 Å². The van der Waals surface area contributed by atoms with Gasteiger partial charge < -0.3 is 10.6 Å². The Morgan fingerprint density at radius 2 is 2.00 bits per heavy atom. The minimum Gasteiger partial charge on any atom is -0.339 e.